The molecule has 1 aromatic rings. The van der Waals surface area contributed by atoms with Crippen LogP contribution < -0.4 is 5.32 Å². The summed E-state index contributed by atoms with van der Waals surface area (Å²) in [5.41, 5.74) is 2.73. The standard InChI is InChI=1S/C17H25BrN2O/c1-12-11-21-13(2)9-20(12)10-15-4-3-14(7-17(15)18)8-19-16-5-6-16/h3-4,7,12-13,16,19H,5-6,8-11H2,1-2H3. The van der Waals surface area contributed by atoms with E-state index in [1.807, 2.05) is 0 Å². The van der Waals surface area contributed by atoms with Gasteiger partial charge in [-0.15, -0.1) is 0 Å². The maximum absolute atomic E-state index is 5.71. The lowest BCUT2D eigenvalue weighted by atomic mass is 10.1. The summed E-state index contributed by atoms with van der Waals surface area (Å²) in [5.74, 6) is 0. The van der Waals surface area contributed by atoms with Crippen molar-refractivity contribution in [2.45, 2.75) is 58.0 Å². The molecule has 0 radical (unpaired) electrons. The summed E-state index contributed by atoms with van der Waals surface area (Å²) in [5, 5.41) is 3.57. The van der Waals surface area contributed by atoms with Gasteiger partial charge in [-0.1, -0.05) is 28.1 Å². The number of halogens is 1. The molecule has 2 fully saturated rings. The fourth-order valence-electron chi connectivity index (χ4n) is 2.79. The van der Waals surface area contributed by atoms with Gasteiger partial charge in [0, 0.05) is 36.2 Å². The number of benzene rings is 1. The molecule has 0 bridgehead atoms. The minimum Gasteiger partial charge on any atom is -0.376 e. The Morgan fingerprint density at radius 2 is 2.14 bits per heavy atom. The first-order valence-electron chi connectivity index (χ1n) is 7.98. The molecule has 0 spiro atoms. The highest BCUT2D eigenvalue weighted by Gasteiger charge is 2.24. The van der Waals surface area contributed by atoms with Crippen LogP contribution in [0.5, 0.6) is 0 Å². The third-order valence-corrected chi connectivity index (χ3v) is 5.14. The predicted octanol–water partition coefficient (Wildman–Crippen LogP) is 3.31. The van der Waals surface area contributed by atoms with Crippen molar-refractivity contribution in [1.82, 2.24) is 10.2 Å². The van der Waals surface area contributed by atoms with Crippen molar-refractivity contribution in [2.24, 2.45) is 0 Å². The molecule has 1 N–H and O–H groups in total. The summed E-state index contributed by atoms with van der Waals surface area (Å²) in [4.78, 5) is 2.51. The first kappa shape index (κ1) is 15.5. The van der Waals surface area contributed by atoms with Crippen molar-refractivity contribution >= 4 is 15.9 Å². The number of nitrogens with one attached hydrogen (secondary N) is 1. The number of ether oxygens (including phenoxy) is 1. The number of morpholine rings is 1. The molecule has 1 saturated heterocycles. The van der Waals surface area contributed by atoms with Crippen LogP contribution in [0.1, 0.15) is 37.8 Å². The van der Waals surface area contributed by atoms with Crippen LogP contribution in [-0.4, -0.2) is 36.2 Å². The van der Waals surface area contributed by atoms with Crippen molar-refractivity contribution in [2.75, 3.05) is 13.2 Å². The summed E-state index contributed by atoms with van der Waals surface area (Å²) >= 11 is 3.75. The van der Waals surface area contributed by atoms with Crippen molar-refractivity contribution in [3.63, 3.8) is 0 Å². The highest BCUT2D eigenvalue weighted by Crippen LogP contribution is 2.24. The molecule has 2 unspecified atom stereocenters. The molecule has 1 aliphatic heterocycles. The van der Waals surface area contributed by atoms with Gasteiger partial charge in [-0.05, 0) is 43.9 Å². The van der Waals surface area contributed by atoms with E-state index in [2.05, 4.69) is 58.2 Å². The highest BCUT2D eigenvalue weighted by molar-refractivity contribution is 9.10. The van der Waals surface area contributed by atoms with Gasteiger partial charge in [0.05, 0.1) is 12.7 Å². The van der Waals surface area contributed by atoms with Gasteiger partial charge in [0.1, 0.15) is 0 Å². The first-order valence-corrected chi connectivity index (χ1v) is 8.77. The average Bonchev–Trinajstić information content (AvgIpc) is 3.27. The zero-order valence-electron chi connectivity index (χ0n) is 12.9. The van der Waals surface area contributed by atoms with Gasteiger partial charge in [0.15, 0.2) is 0 Å². The lowest BCUT2D eigenvalue weighted by Gasteiger charge is -2.37. The monoisotopic (exact) mass is 352 g/mol. The second-order valence-corrected chi connectivity index (χ2v) is 7.36. The van der Waals surface area contributed by atoms with Gasteiger partial charge >= 0.3 is 0 Å². The maximum atomic E-state index is 5.71. The van der Waals surface area contributed by atoms with Crippen LogP contribution in [0.15, 0.2) is 22.7 Å². The van der Waals surface area contributed by atoms with Crippen LogP contribution in [0.3, 0.4) is 0 Å². The topological polar surface area (TPSA) is 24.5 Å². The molecule has 2 aliphatic rings. The number of hydrogen-bond acceptors (Lipinski definition) is 3. The molecule has 0 amide bonds. The predicted molar refractivity (Wildman–Crippen MR) is 89.3 cm³/mol. The molecule has 21 heavy (non-hydrogen) atoms. The van der Waals surface area contributed by atoms with E-state index in [4.69, 9.17) is 4.74 Å². The molecular formula is C17H25BrN2O. The van der Waals surface area contributed by atoms with E-state index >= 15 is 0 Å². The van der Waals surface area contributed by atoms with Crippen molar-refractivity contribution in [3.8, 4) is 0 Å². The van der Waals surface area contributed by atoms with E-state index in [0.717, 1.165) is 32.3 Å². The molecule has 1 heterocycles. The normalized spacial score (nSPS) is 27.0. The molecule has 4 heteroatoms. The van der Waals surface area contributed by atoms with E-state index in [0.29, 0.717) is 12.1 Å². The minimum atomic E-state index is 0.335. The Hall–Kier alpha value is -0.420. The Labute approximate surface area is 136 Å². The molecule has 2 atom stereocenters. The van der Waals surface area contributed by atoms with Crippen LogP contribution >= 0.6 is 15.9 Å². The van der Waals surface area contributed by atoms with Crippen LogP contribution in [0.4, 0.5) is 0 Å². The summed E-state index contributed by atoms with van der Waals surface area (Å²) in [6.45, 7) is 8.22. The van der Waals surface area contributed by atoms with Crippen molar-refractivity contribution < 1.29 is 4.74 Å². The van der Waals surface area contributed by atoms with E-state index in [-0.39, 0.29) is 0 Å². The smallest absolute Gasteiger partial charge is 0.0674 e. The van der Waals surface area contributed by atoms with Gasteiger partial charge in [0.2, 0.25) is 0 Å². The first-order chi connectivity index (χ1) is 10.1. The second-order valence-electron chi connectivity index (χ2n) is 6.50. The second kappa shape index (κ2) is 6.78. The number of hydrogen-bond donors (Lipinski definition) is 1. The van der Waals surface area contributed by atoms with Gasteiger partial charge in [-0.3, -0.25) is 4.90 Å². The quantitative estimate of drug-likeness (QED) is 0.879. The Morgan fingerprint density at radius 3 is 2.86 bits per heavy atom. The summed E-state index contributed by atoms with van der Waals surface area (Å²) in [7, 11) is 0. The van der Waals surface area contributed by atoms with E-state index in [1.165, 1.54) is 28.4 Å². The summed E-state index contributed by atoms with van der Waals surface area (Å²) in [6, 6.07) is 8.04. The van der Waals surface area contributed by atoms with Gasteiger partial charge in [-0.2, -0.15) is 0 Å². The van der Waals surface area contributed by atoms with Crippen LogP contribution in [0.2, 0.25) is 0 Å². The molecule has 1 saturated carbocycles. The minimum absolute atomic E-state index is 0.335. The van der Waals surface area contributed by atoms with Gasteiger partial charge < -0.3 is 10.1 Å². The molecule has 0 aromatic heterocycles. The van der Waals surface area contributed by atoms with Gasteiger partial charge in [0.25, 0.3) is 0 Å². The van der Waals surface area contributed by atoms with E-state index < -0.39 is 0 Å². The zero-order chi connectivity index (χ0) is 14.8. The van der Waals surface area contributed by atoms with Gasteiger partial charge in [-0.25, -0.2) is 0 Å². The lowest BCUT2D eigenvalue weighted by Crippen LogP contribution is -2.46. The largest absolute Gasteiger partial charge is 0.376 e. The molecule has 116 valence electrons. The number of rotatable bonds is 5. The SMILES string of the molecule is CC1CN(Cc2ccc(CNC3CC3)cc2Br)C(C)CO1. The van der Waals surface area contributed by atoms with Crippen LogP contribution in [0, 0.1) is 0 Å². The van der Waals surface area contributed by atoms with Crippen molar-refractivity contribution in [3.05, 3.63) is 33.8 Å². The molecular weight excluding hydrogens is 328 g/mol. The Bertz CT molecular complexity index is 490. The molecule has 3 rings (SSSR count). The average molecular weight is 353 g/mol. The zero-order valence-corrected chi connectivity index (χ0v) is 14.5. The maximum Gasteiger partial charge on any atom is 0.0674 e. The summed E-state index contributed by atoms with van der Waals surface area (Å²) < 4.78 is 6.93. The molecule has 3 nitrogen and oxygen atoms in total. The molecule has 1 aromatic carbocycles. The fraction of sp³-hybridized carbons (Fsp3) is 0.647. The number of nitrogens with zero attached hydrogens (tertiary/aromatic N) is 1. The molecule has 1 aliphatic carbocycles. The highest BCUT2D eigenvalue weighted by atomic mass is 79.9. The Kier molecular flexibility index (Phi) is 4.99. The van der Waals surface area contributed by atoms with E-state index in [1.54, 1.807) is 0 Å². The third kappa shape index (κ3) is 4.28. The Morgan fingerprint density at radius 1 is 1.33 bits per heavy atom. The summed E-state index contributed by atoms with van der Waals surface area (Å²) in [6.07, 6.45) is 3.01. The van der Waals surface area contributed by atoms with E-state index in [9.17, 15) is 0 Å². The third-order valence-electron chi connectivity index (χ3n) is 4.40. The lowest BCUT2D eigenvalue weighted by molar-refractivity contribution is -0.0527. The van der Waals surface area contributed by atoms with Crippen LogP contribution in [0.25, 0.3) is 0 Å². The fourth-order valence-corrected chi connectivity index (χ4v) is 3.34. The van der Waals surface area contributed by atoms with Crippen molar-refractivity contribution in [1.29, 1.82) is 0 Å². The van der Waals surface area contributed by atoms with Crippen LogP contribution in [-0.2, 0) is 17.8 Å². The Balaban J connectivity index is 1.61.